The predicted octanol–water partition coefficient (Wildman–Crippen LogP) is 2.10. The average Bonchev–Trinajstić information content (AvgIpc) is 2.90. The largest absolute Gasteiger partial charge is 0.341 e. The molecule has 0 amide bonds. The van der Waals surface area contributed by atoms with Gasteiger partial charge < -0.3 is 10.7 Å². The van der Waals surface area contributed by atoms with Crippen molar-refractivity contribution < 1.29 is 4.39 Å². The minimum absolute atomic E-state index is 0.275. The quantitative estimate of drug-likeness (QED) is 0.715. The van der Waals surface area contributed by atoms with Crippen LogP contribution in [0.3, 0.4) is 0 Å². The third-order valence-corrected chi connectivity index (χ3v) is 3.76. The maximum Gasteiger partial charge on any atom is 0.181 e. The number of rotatable bonds is 3. The van der Waals surface area contributed by atoms with E-state index in [1.165, 1.54) is 30.2 Å². The molecule has 0 radical (unpaired) electrons. The predicted molar refractivity (Wildman–Crippen MR) is 70.1 cm³/mol. The molecule has 96 valence electrons. The fraction of sp³-hybridized carbons (Fsp3) is 0.0833. The topological polar surface area (TPSA) is 80.5 Å². The number of benzene rings is 1. The number of imidazole rings is 1. The van der Waals surface area contributed by atoms with Gasteiger partial charge in [-0.25, -0.2) is 19.3 Å². The maximum atomic E-state index is 13.2. The number of hydrogen-bond donors (Lipinski definition) is 2. The zero-order valence-corrected chi connectivity index (χ0v) is 10.6. The van der Waals surface area contributed by atoms with E-state index in [4.69, 9.17) is 5.73 Å². The SMILES string of the molecule is NCc1cc(F)ccc1Sc1ncnc2nc[nH]c12. The Hall–Kier alpha value is -1.99. The highest BCUT2D eigenvalue weighted by atomic mass is 32.2. The second kappa shape index (κ2) is 4.94. The average molecular weight is 275 g/mol. The molecule has 1 aromatic carbocycles. The summed E-state index contributed by atoms with van der Waals surface area (Å²) in [7, 11) is 0. The van der Waals surface area contributed by atoms with Crippen LogP contribution in [0.2, 0.25) is 0 Å². The molecule has 0 fully saturated rings. The van der Waals surface area contributed by atoms with Gasteiger partial charge in [-0.1, -0.05) is 11.8 Å². The lowest BCUT2D eigenvalue weighted by Crippen LogP contribution is -1.99. The van der Waals surface area contributed by atoms with Crippen molar-refractivity contribution in [2.24, 2.45) is 5.73 Å². The monoisotopic (exact) mass is 275 g/mol. The van der Waals surface area contributed by atoms with E-state index < -0.39 is 0 Å². The van der Waals surface area contributed by atoms with Gasteiger partial charge in [-0.05, 0) is 23.8 Å². The third kappa shape index (κ3) is 2.29. The van der Waals surface area contributed by atoms with Gasteiger partial charge in [-0.2, -0.15) is 0 Å². The Morgan fingerprint density at radius 1 is 1.26 bits per heavy atom. The van der Waals surface area contributed by atoms with Crippen LogP contribution in [0.1, 0.15) is 5.56 Å². The van der Waals surface area contributed by atoms with Crippen LogP contribution in [-0.2, 0) is 6.54 Å². The Bertz CT molecular complexity index is 727. The summed E-state index contributed by atoms with van der Waals surface area (Å²) < 4.78 is 13.2. The van der Waals surface area contributed by atoms with Gasteiger partial charge in [0.15, 0.2) is 5.65 Å². The molecular weight excluding hydrogens is 265 g/mol. The molecule has 3 rings (SSSR count). The number of aromatic amines is 1. The first kappa shape index (κ1) is 12.1. The first-order chi connectivity index (χ1) is 9.28. The van der Waals surface area contributed by atoms with Crippen molar-refractivity contribution >= 4 is 22.9 Å². The van der Waals surface area contributed by atoms with Crippen LogP contribution in [0.25, 0.3) is 11.2 Å². The van der Waals surface area contributed by atoms with Crippen molar-refractivity contribution in [1.29, 1.82) is 0 Å². The molecule has 0 saturated carbocycles. The van der Waals surface area contributed by atoms with Gasteiger partial charge in [0, 0.05) is 11.4 Å². The summed E-state index contributed by atoms with van der Waals surface area (Å²) in [6.07, 6.45) is 3.02. The minimum Gasteiger partial charge on any atom is -0.341 e. The van der Waals surface area contributed by atoms with Crippen LogP contribution in [0.5, 0.6) is 0 Å². The number of hydrogen-bond acceptors (Lipinski definition) is 5. The summed E-state index contributed by atoms with van der Waals surface area (Å²) >= 11 is 1.41. The number of nitrogens with zero attached hydrogens (tertiary/aromatic N) is 3. The molecule has 0 aliphatic carbocycles. The van der Waals surface area contributed by atoms with Crippen LogP contribution in [0.4, 0.5) is 4.39 Å². The van der Waals surface area contributed by atoms with Gasteiger partial charge in [-0.15, -0.1) is 0 Å². The Labute approximate surface area is 112 Å². The van der Waals surface area contributed by atoms with Crippen LogP contribution in [-0.4, -0.2) is 19.9 Å². The molecule has 0 aliphatic heterocycles. The zero-order valence-electron chi connectivity index (χ0n) is 9.80. The second-order valence-corrected chi connectivity index (χ2v) is 4.87. The van der Waals surface area contributed by atoms with E-state index in [1.807, 2.05) is 0 Å². The Morgan fingerprint density at radius 3 is 3.00 bits per heavy atom. The van der Waals surface area contributed by atoms with Crippen molar-refractivity contribution in [2.45, 2.75) is 16.5 Å². The standard InChI is InChI=1S/C12H10FN5S/c13-8-1-2-9(7(3-8)4-14)19-12-10-11(16-5-15-10)17-6-18-12/h1-3,5-6H,4,14H2,(H,15,16,17,18). The molecule has 0 unspecified atom stereocenters. The smallest absolute Gasteiger partial charge is 0.181 e. The van der Waals surface area contributed by atoms with Crippen LogP contribution in [0.15, 0.2) is 40.8 Å². The van der Waals surface area contributed by atoms with Gasteiger partial charge in [0.25, 0.3) is 0 Å². The van der Waals surface area contributed by atoms with Crippen LogP contribution < -0.4 is 5.73 Å². The van der Waals surface area contributed by atoms with Gasteiger partial charge in [0.1, 0.15) is 22.7 Å². The van der Waals surface area contributed by atoms with E-state index >= 15 is 0 Å². The number of fused-ring (bicyclic) bond motifs is 1. The number of nitrogens with one attached hydrogen (secondary N) is 1. The number of H-pyrrole nitrogens is 1. The first-order valence-electron chi connectivity index (χ1n) is 5.58. The van der Waals surface area contributed by atoms with Gasteiger partial charge in [0.05, 0.1) is 6.33 Å². The van der Waals surface area contributed by atoms with Crippen molar-refractivity contribution in [2.75, 3.05) is 0 Å². The van der Waals surface area contributed by atoms with Crippen molar-refractivity contribution in [1.82, 2.24) is 19.9 Å². The molecule has 2 heterocycles. The van der Waals surface area contributed by atoms with E-state index in [-0.39, 0.29) is 12.4 Å². The summed E-state index contributed by atoms with van der Waals surface area (Å²) in [6.45, 7) is 0.275. The fourth-order valence-corrected chi connectivity index (χ4v) is 2.70. The third-order valence-electron chi connectivity index (χ3n) is 2.64. The summed E-state index contributed by atoms with van der Waals surface area (Å²) in [5, 5.41) is 0.740. The molecule has 0 bridgehead atoms. The van der Waals surface area contributed by atoms with E-state index in [0.717, 1.165) is 21.0 Å². The molecule has 0 atom stereocenters. The summed E-state index contributed by atoms with van der Waals surface area (Å²) in [5.41, 5.74) is 7.75. The Balaban J connectivity index is 2.03. The van der Waals surface area contributed by atoms with Gasteiger partial charge >= 0.3 is 0 Å². The van der Waals surface area contributed by atoms with Crippen LogP contribution in [0, 0.1) is 5.82 Å². The molecule has 0 saturated heterocycles. The molecule has 3 aromatic rings. The molecule has 3 N–H and O–H groups in total. The second-order valence-electron chi connectivity index (χ2n) is 3.84. The molecular formula is C12H10FN5S. The van der Waals surface area contributed by atoms with Crippen molar-refractivity contribution in [3.8, 4) is 0 Å². The van der Waals surface area contributed by atoms with Crippen molar-refractivity contribution in [3.05, 3.63) is 42.2 Å². The van der Waals surface area contributed by atoms with E-state index in [0.29, 0.717) is 5.65 Å². The molecule has 0 aliphatic rings. The number of nitrogens with two attached hydrogens (primary N) is 1. The fourth-order valence-electron chi connectivity index (χ4n) is 1.73. The molecule has 19 heavy (non-hydrogen) atoms. The van der Waals surface area contributed by atoms with E-state index in [1.54, 1.807) is 12.4 Å². The summed E-state index contributed by atoms with van der Waals surface area (Å²) in [4.78, 5) is 16.2. The highest BCUT2D eigenvalue weighted by Gasteiger charge is 2.10. The maximum absolute atomic E-state index is 13.2. The highest BCUT2D eigenvalue weighted by Crippen LogP contribution is 2.32. The molecule has 2 aromatic heterocycles. The molecule has 7 heteroatoms. The number of aromatic nitrogens is 4. The zero-order chi connectivity index (χ0) is 13.2. The lowest BCUT2D eigenvalue weighted by molar-refractivity contribution is 0.623. The van der Waals surface area contributed by atoms with E-state index in [2.05, 4.69) is 19.9 Å². The number of halogens is 1. The van der Waals surface area contributed by atoms with Crippen molar-refractivity contribution in [3.63, 3.8) is 0 Å². The highest BCUT2D eigenvalue weighted by molar-refractivity contribution is 7.99. The van der Waals surface area contributed by atoms with Gasteiger partial charge in [0.2, 0.25) is 0 Å². The Morgan fingerprint density at radius 2 is 2.16 bits per heavy atom. The normalized spacial score (nSPS) is 11.1. The minimum atomic E-state index is -0.292. The molecule has 0 spiro atoms. The molecule has 5 nitrogen and oxygen atoms in total. The Kier molecular flexibility index (Phi) is 3.14. The lowest BCUT2D eigenvalue weighted by Gasteiger charge is -2.07. The summed E-state index contributed by atoms with van der Waals surface area (Å²) in [6, 6.07) is 4.55. The first-order valence-corrected chi connectivity index (χ1v) is 6.40. The summed E-state index contributed by atoms with van der Waals surface area (Å²) in [5.74, 6) is -0.292. The van der Waals surface area contributed by atoms with Gasteiger partial charge in [-0.3, -0.25) is 0 Å². The van der Waals surface area contributed by atoms with Crippen LogP contribution >= 0.6 is 11.8 Å². The lowest BCUT2D eigenvalue weighted by atomic mass is 10.2. The van der Waals surface area contributed by atoms with E-state index in [9.17, 15) is 4.39 Å².